The lowest BCUT2D eigenvalue weighted by Crippen LogP contribution is -2.02. The molecule has 0 saturated heterocycles. The molecule has 4 heteroatoms. The third kappa shape index (κ3) is 1.96. The molecule has 2 fully saturated rings. The first-order valence-electron chi connectivity index (χ1n) is 6.30. The number of alkyl halides is 1. The first kappa shape index (κ1) is 12.7. The Morgan fingerprint density at radius 3 is 2.67 bits per heavy atom. The van der Waals surface area contributed by atoms with Gasteiger partial charge in [0.2, 0.25) is 0 Å². The predicted octanol–water partition coefficient (Wildman–Crippen LogP) is 4.92. The fourth-order valence-electron chi connectivity index (χ4n) is 3.45. The summed E-state index contributed by atoms with van der Waals surface area (Å²) in [6.07, 6.45) is 3.92. The summed E-state index contributed by atoms with van der Waals surface area (Å²) in [6.45, 7) is 0. The second-order valence-electron chi connectivity index (χ2n) is 5.25. The monoisotopic (exact) mass is 332 g/mol. The summed E-state index contributed by atoms with van der Waals surface area (Å²) < 4.78 is 19.2. The van der Waals surface area contributed by atoms with Crippen LogP contribution >= 0.6 is 27.5 Å². The molecule has 0 radical (unpaired) electrons. The zero-order valence-corrected chi connectivity index (χ0v) is 12.5. The summed E-state index contributed by atoms with van der Waals surface area (Å²) in [5.41, 5.74) is 0.909. The minimum absolute atomic E-state index is 0.0628. The fraction of sp³-hybridized carbons (Fsp3) is 0.571. The summed E-state index contributed by atoms with van der Waals surface area (Å²) in [4.78, 5) is 0. The van der Waals surface area contributed by atoms with Gasteiger partial charge in [0.1, 0.15) is 11.6 Å². The third-order valence-corrected chi connectivity index (χ3v) is 5.51. The summed E-state index contributed by atoms with van der Waals surface area (Å²) >= 11 is 9.81. The Morgan fingerprint density at radius 1 is 1.39 bits per heavy atom. The van der Waals surface area contributed by atoms with Gasteiger partial charge in [0.05, 0.1) is 17.0 Å². The van der Waals surface area contributed by atoms with Crippen molar-refractivity contribution in [2.75, 3.05) is 7.11 Å². The molecule has 2 saturated carbocycles. The van der Waals surface area contributed by atoms with Gasteiger partial charge in [0, 0.05) is 11.6 Å². The molecule has 3 atom stereocenters. The minimum Gasteiger partial charge on any atom is -0.496 e. The van der Waals surface area contributed by atoms with Crippen molar-refractivity contribution in [2.45, 2.75) is 24.6 Å². The van der Waals surface area contributed by atoms with Crippen molar-refractivity contribution in [1.29, 1.82) is 0 Å². The van der Waals surface area contributed by atoms with E-state index in [0.29, 0.717) is 16.1 Å². The van der Waals surface area contributed by atoms with E-state index < -0.39 is 0 Å². The average molecular weight is 334 g/mol. The number of benzene rings is 1. The van der Waals surface area contributed by atoms with Crippen molar-refractivity contribution in [3.63, 3.8) is 0 Å². The lowest BCUT2D eigenvalue weighted by molar-refractivity contribution is 0.402. The van der Waals surface area contributed by atoms with E-state index in [0.717, 1.165) is 17.4 Å². The van der Waals surface area contributed by atoms with Crippen LogP contribution in [0.3, 0.4) is 0 Å². The maximum absolute atomic E-state index is 13.5. The second kappa shape index (κ2) is 4.68. The third-order valence-electron chi connectivity index (χ3n) is 4.38. The number of rotatable bonds is 3. The van der Waals surface area contributed by atoms with E-state index in [9.17, 15) is 4.39 Å². The highest BCUT2D eigenvalue weighted by Crippen LogP contribution is 2.64. The van der Waals surface area contributed by atoms with Gasteiger partial charge in [-0.15, -0.1) is 11.6 Å². The summed E-state index contributed by atoms with van der Waals surface area (Å²) in [6, 6.07) is 3.17. The SMILES string of the molecule is COc1cc(F)c(Br)cc1C(Cl)C1C2CCCC21. The topological polar surface area (TPSA) is 9.23 Å². The van der Waals surface area contributed by atoms with Crippen LogP contribution in [0.5, 0.6) is 5.75 Å². The van der Waals surface area contributed by atoms with E-state index in [2.05, 4.69) is 15.9 Å². The number of ether oxygens (including phenoxy) is 1. The Hall–Kier alpha value is -0.280. The first-order valence-corrected chi connectivity index (χ1v) is 7.53. The van der Waals surface area contributed by atoms with Gasteiger partial charge in [-0.2, -0.15) is 0 Å². The molecular weight excluding hydrogens is 319 g/mol. The Labute approximate surface area is 120 Å². The highest BCUT2D eigenvalue weighted by atomic mass is 79.9. The molecule has 0 bridgehead atoms. The molecule has 2 aliphatic rings. The molecule has 0 spiro atoms. The van der Waals surface area contributed by atoms with Crippen LogP contribution in [-0.2, 0) is 0 Å². The number of methoxy groups -OCH3 is 1. The lowest BCUT2D eigenvalue weighted by Gasteiger charge is -2.16. The van der Waals surface area contributed by atoms with Gasteiger partial charge in [-0.25, -0.2) is 4.39 Å². The summed E-state index contributed by atoms with van der Waals surface area (Å²) in [7, 11) is 1.56. The van der Waals surface area contributed by atoms with Crippen LogP contribution in [0.4, 0.5) is 4.39 Å². The van der Waals surface area contributed by atoms with Gasteiger partial charge >= 0.3 is 0 Å². The molecule has 3 unspecified atom stereocenters. The molecule has 1 aromatic carbocycles. The molecule has 18 heavy (non-hydrogen) atoms. The number of fused-ring (bicyclic) bond motifs is 1. The molecule has 3 rings (SSSR count). The van der Waals surface area contributed by atoms with E-state index in [1.165, 1.54) is 25.3 Å². The maximum Gasteiger partial charge on any atom is 0.141 e. The zero-order valence-electron chi connectivity index (χ0n) is 10.1. The van der Waals surface area contributed by atoms with Crippen molar-refractivity contribution in [3.8, 4) is 5.75 Å². The highest BCUT2D eigenvalue weighted by molar-refractivity contribution is 9.10. The van der Waals surface area contributed by atoms with Gasteiger partial charge in [-0.1, -0.05) is 6.42 Å². The molecule has 0 amide bonds. The number of hydrogen-bond acceptors (Lipinski definition) is 1. The molecule has 2 aliphatic carbocycles. The normalized spacial score (nSPS) is 31.0. The Morgan fingerprint density at radius 2 is 2.06 bits per heavy atom. The zero-order chi connectivity index (χ0) is 12.9. The van der Waals surface area contributed by atoms with Crippen molar-refractivity contribution in [1.82, 2.24) is 0 Å². The highest BCUT2D eigenvalue weighted by Gasteiger charge is 2.56. The van der Waals surface area contributed by atoms with Crippen LogP contribution in [0.1, 0.15) is 30.2 Å². The molecule has 0 aliphatic heterocycles. The molecular formula is C14H15BrClFO. The van der Waals surface area contributed by atoms with E-state index >= 15 is 0 Å². The molecule has 1 aromatic rings. The number of halogens is 3. The van der Waals surface area contributed by atoms with Crippen molar-refractivity contribution < 1.29 is 9.13 Å². The molecule has 0 aromatic heterocycles. The quantitative estimate of drug-likeness (QED) is 0.713. The smallest absolute Gasteiger partial charge is 0.141 e. The molecule has 98 valence electrons. The Bertz CT molecular complexity index is 469. The lowest BCUT2D eigenvalue weighted by atomic mass is 10.0. The molecule has 0 heterocycles. The van der Waals surface area contributed by atoms with Crippen LogP contribution in [0, 0.1) is 23.6 Å². The largest absolute Gasteiger partial charge is 0.496 e. The van der Waals surface area contributed by atoms with E-state index in [1.54, 1.807) is 13.2 Å². The van der Waals surface area contributed by atoms with Crippen LogP contribution in [-0.4, -0.2) is 7.11 Å². The van der Waals surface area contributed by atoms with Gasteiger partial charge < -0.3 is 4.74 Å². The van der Waals surface area contributed by atoms with Gasteiger partial charge in [0.25, 0.3) is 0 Å². The average Bonchev–Trinajstić information content (AvgIpc) is 2.84. The maximum atomic E-state index is 13.5. The fourth-order valence-corrected chi connectivity index (χ4v) is 4.36. The minimum atomic E-state index is -0.310. The van der Waals surface area contributed by atoms with E-state index in [4.69, 9.17) is 16.3 Å². The van der Waals surface area contributed by atoms with Gasteiger partial charge in [0.15, 0.2) is 0 Å². The van der Waals surface area contributed by atoms with Gasteiger partial charge in [-0.3, -0.25) is 0 Å². The number of hydrogen-bond donors (Lipinski definition) is 0. The van der Waals surface area contributed by atoms with E-state index in [1.807, 2.05) is 0 Å². The summed E-state index contributed by atoms with van der Waals surface area (Å²) in [5, 5.41) is -0.0628. The summed E-state index contributed by atoms with van der Waals surface area (Å²) in [5.74, 6) is 2.35. The molecule has 0 N–H and O–H groups in total. The van der Waals surface area contributed by atoms with Crippen LogP contribution in [0.25, 0.3) is 0 Å². The van der Waals surface area contributed by atoms with Crippen molar-refractivity contribution in [3.05, 3.63) is 28.0 Å². The first-order chi connectivity index (χ1) is 8.63. The van der Waals surface area contributed by atoms with Crippen LogP contribution < -0.4 is 4.74 Å². The predicted molar refractivity (Wildman–Crippen MR) is 73.6 cm³/mol. The van der Waals surface area contributed by atoms with Gasteiger partial charge in [-0.05, 0) is 52.6 Å². The Balaban J connectivity index is 1.89. The Kier molecular flexibility index (Phi) is 3.31. The standard InChI is InChI=1S/C14H15BrClFO/c1-18-12-6-11(17)10(15)5-9(12)14(16)13-7-3-2-4-8(7)13/h5-8,13-14H,2-4H2,1H3. The molecule has 1 nitrogen and oxygen atoms in total. The van der Waals surface area contributed by atoms with Crippen molar-refractivity contribution in [2.24, 2.45) is 17.8 Å². The van der Waals surface area contributed by atoms with Crippen molar-refractivity contribution >= 4 is 27.5 Å². The van der Waals surface area contributed by atoms with Crippen LogP contribution in [0.15, 0.2) is 16.6 Å². The second-order valence-corrected chi connectivity index (χ2v) is 6.57. The van der Waals surface area contributed by atoms with Crippen LogP contribution in [0.2, 0.25) is 0 Å². The van der Waals surface area contributed by atoms with E-state index in [-0.39, 0.29) is 11.2 Å².